The molecule has 0 heterocycles. The van der Waals surface area contributed by atoms with Gasteiger partial charge in [0.15, 0.2) is 5.78 Å². The van der Waals surface area contributed by atoms with E-state index in [9.17, 15) is 22.8 Å². The van der Waals surface area contributed by atoms with E-state index in [0.717, 1.165) is 0 Å². The maximum absolute atomic E-state index is 12.1. The fraction of sp³-hybridized carbons (Fsp3) is 0.714. The molecule has 0 aromatic rings. The van der Waals surface area contributed by atoms with Crippen molar-refractivity contribution < 1.29 is 27.5 Å². The summed E-state index contributed by atoms with van der Waals surface area (Å²) in [6.07, 6.45) is -1.12. The van der Waals surface area contributed by atoms with E-state index in [1.807, 2.05) is 13.8 Å². The summed E-state index contributed by atoms with van der Waals surface area (Å²) >= 11 is 0. The van der Waals surface area contributed by atoms with Gasteiger partial charge in [0, 0.05) is 0 Å². The first-order valence-corrected chi connectivity index (χ1v) is 6.25. The summed E-state index contributed by atoms with van der Waals surface area (Å²) in [6.45, 7) is 7.99. The van der Waals surface area contributed by atoms with Crippen molar-refractivity contribution in [2.75, 3.05) is 0 Å². The molecule has 0 aliphatic carbocycles. The van der Waals surface area contributed by atoms with Crippen molar-refractivity contribution in [1.29, 1.82) is 0 Å². The van der Waals surface area contributed by atoms with Gasteiger partial charge in [-0.25, -0.2) is 4.79 Å². The van der Waals surface area contributed by atoms with Crippen LogP contribution in [0, 0.1) is 5.41 Å². The van der Waals surface area contributed by atoms with Crippen molar-refractivity contribution in [3.8, 4) is 0 Å². The Bertz CT molecular complexity index is 393. The highest BCUT2D eigenvalue weighted by Crippen LogP contribution is 2.31. The van der Waals surface area contributed by atoms with Gasteiger partial charge in [-0.15, -0.1) is 0 Å². The normalized spacial score (nSPS) is 13.6. The average Bonchev–Trinajstić information content (AvgIpc) is 2.22. The molecule has 3 nitrogen and oxygen atoms in total. The Labute approximate surface area is 117 Å². The molecule has 0 atom stereocenters. The third-order valence-electron chi connectivity index (χ3n) is 2.74. The second kappa shape index (κ2) is 6.41. The summed E-state index contributed by atoms with van der Waals surface area (Å²) < 4.78 is 40.9. The van der Waals surface area contributed by atoms with E-state index in [0.29, 0.717) is 6.42 Å². The third-order valence-corrected chi connectivity index (χ3v) is 2.74. The SMILES string of the molecule is CC(=O)/C=C/C(C)(C)CCC(C)(C)OC(=O)C(F)(F)F. The maximum Gasteiger partial charge on any atom is 0.490 e. The molecule has 0 aliphatic rings. The highest BCUT2D eigenvalue weighted by atomic mass is 19.4. The topological polar surface area (TPSA) is 43.4 Å². The van der Waals surface area contributed by atoms with Crippen LogP contribution in [0.5, 0.6) is 0 Å². The zero-order valence-corrected chi connectivity index (χ0v) is 12.4. The van der Waals surface area contributed by atoms with Gasteiger partial charge >= 0.3 is 12.1 Å². The second-order valence-corrected chi connectivity index (χ2v) is 6.08. The van der Waals surface area contributed by atoms with Crippen LogP contribution in [-0.2, 0) is 14.3 Å². The molecule has 20 heavy (non-hydrogen) atoms. The molecular weight excluding hydrogens is 273 g/mol. The molecule has 0 N–H and O–H groups in total. The number of carbonyl (C=O) groups excluding carboxylic acids is 2. The highest BCUT2D eigenvalue weighted by molar-refractivity contribution is 5.87. The molecule has 6 heteroatoms. The third kappa shape index (κ3) is 7.96. The predicted octanol–water partition coefficient (Wildman–Crippen LogP) is 3.82. The smallest absolute Gasteiger partial charge is 0.453 e. The summed E-state index contributed by atoms with van der Waals surface area (Å²) in [5, 5.41) is 0. The van der Waals surface area contributed by atoms with E-state index in [2.05, 4.69) is 4.74 Å². The van der Waals surface area contributed by atoms with Crippen LogP contribution in [0.15, 0.2) is 12.2 Å². The summed E-state index contributed by atoms with van der Waals surface area (Å²) in [5.41, 5.74) is -1.58. The van der Waals surface area contributed by atoms with E-state index in [4.69, 9.17) is 0 Å². The number of carbonyl (C=O) groups is 2. The molecule has 116 valence electrons. The van der Waals surface area contributed by atoms with Crippen LogP contribution in [0.2, 0.25) is 0 Å². The van der Waals surface area contributed by atoms with Gasteiger partial charge in [-0.1, -0.05) is 19.9 Å². The van der Waals surface area contributed by atoms with Crippen molar-refractivity contribution in [2.24, 2.45) is 5.41 Å². The summed E-state index contributed by atoms with van der Waals surface area (Å²) in [5.74, 6) is -2.28. The molecule has 0 amide bonds. The van der Waals surface area contributed by atoms with E-state index in [1.54, 1.807) is 6.08 Å². The first-order chi connectivity index (χ1) is 8.75. The van der Waals surface area contributed by atoms with Gasteiger partial charge in [0.1, 0.15) is 5.60 Å². The minimum atomic E-state index is -4.98. The first-order valence-electron chi connectivity index (χ1n) is 6.25. The Morgan fingerprint density at radius 2 is 1.55 bits per heavy atom. The Morgan fingerprint density at radius 3 is 1.95 bits per heavy atom. The van der Waals surface area contributed by atoms with E-state index in [-0.39, 0.29) is 17.6 Å². The number of ketones is 1. The Kier molecular flexibility index (Phi) is 5.99. The molecule has 0 aliphatic heterocycles. The van der Waals surface area contributed by atoms with E-state index in [1.165, 1.54) is 26.8 Å². The van der Waals surface area contributed by atoms with Crippen molar-refractivity contribution in [3.05, 3.63) is 12.2 Å². The monoisotopic (exact) mass is 294 g/mol. The Balaban J connectivity index is 4.56. The van der Waals surface area contributed by atoms with Gasteiger partial charge in [0.05, 0.1) is 0 Å². The van der Waals surface area contributed by atoms with Crippen molar-refractivity contribution >= 4 is 11.8 Å². The lowest BCUT2D eigenvalue weighted by molar-refractivity contribution is -0.212. The Morgan fingerprint density at radius 1 is 1.05 bits per heavy atom. The summed E-state index contributed by atoms with van der Waals surface area (Å²) in [6, 6.07) is 0. The fourth-order valence-electron chi connectivity index (χ4n) is 1.41. The van der Waals surface area contributed by atoms with E-state index < -0.39 is 17.7 Å². The molecule has 0 radical (unpaired) electrons. The number of esters is 1. The molecule has 0 unspecified atom stereocenters. The molecule has 0 saturated carbocycles. The number of allylic oxidation sites excluding steroid dienone is 2. The minimum absolute atomic E-state index is 0.0964. The molecule has 0 aromatic carbocycles. The lowest BCUT2D eigenvalue weighted by Crippen LogP contribution is -2.36. The van der Waals surface area contributed by atoms with Gasteiger partial charge in [-0.05, 0) is 45.1 Å². The van der Waals surface area contributed by atoms with Crippen LogP contribution in [-0.4, -0.2) is 23.5 Å². The maximum atomic E-state index is 12.1. The van der Waals surface area contributed by atoms with Crippen molar-refractivity contribution in [3.63, 3.8) is 0 Å². The van der Waals surface area contributed by atoms with Gasteiger partial charge < -0.3 is 4.74 Å². The first kappa shape index (κ1) is 18.7. The van der Waals surface area contributed by atoms with Crippen LogP contribution in [0.3, 0.4) is 0 Å². The quantitative estimate of drug-likeness (QED) is 0.552. The van der Waals surface area contributed by atoms with Crippen LogP contribution >= 0.6 is 0 Å². The molecule has 0 aromatic heterocycles. The van der Waals surface area contributed by atoms with Gasteiger partial charge in [0.25, 0.3) is 0 Å². The molecule has 0 saturated heterocycles. The predicted molar refractivity (Wildman–Crippen MR) is 69.1 cm³/mol. The number of rotatable bonds is 6. The van der Waals surface area contributed by atoms with Gasteiger partial charge in [-0.2, -0.15) is 13.2 Å². The number of hydrogen-bond acceptors (Lipinski definition) is 3. The van der Waals surface area contributed by atoms with Crippen molar-refractivity contribution in [2.45, 2.75) is 59.2 Å². The minimum Gasteiger partial charge on any atom is -0.453 e. The highest BCUT2D eigenvalue weighted by Gasteiger charge is 2.44. The lowest BCUT2D eigenvalue weighted by Gasteiger charge is -2.29. The number of hydrogen-bond donors (Lipinski definition) is 0. The molecule has 0 rings (SSSR count). The van der Waals surface area contributed by atoms with Crippen LogP contribution < -0.4 is 0 Å². The summed E-state index contributed by atoms with van der Waals surface area (Å²) in [4.78, 5) is 21.7. The zero-order chi connectivity index (χ0) is 16.2. The van der Waals surface area contributed by atoms with Gasteiger partial charge in [-0.3, -0.25) is 4.79 Å². The number of halogens is 3. The second-order valence-electron chi connectivity index (χ2n) is 6.08. The molecule has 0 spiro atoms. The largest absolute Gasteiger partial charge is 0.490 e. The van der Waals surface area contributed by atoms with Gasteiger partial charge in [0.2, 0.25) is 0 Å². The van der Waals surface area contributed by atoms with Crippen LogP contribution in [0.4, 0.5) is 13.2 Å². The fourth-order valence-corrected chi connectivity index (χ4v) is 1.41. The van der Waals surface area contributed by atoms with Crippen LogP contribution in [0.25, 0.3) is 0 Å². The lowest BCUT2D eigenvalue weighted by atomic mass is 9.83. The summed E-state index contributed by atoms with van der Waals surface area (Å²) in [7, 11) is 0. The molecular formula is C14H21F3O3. The zero-order valence-electron chi connectivity index (χ0n) is 12.4. The van der Waals surface area contributed by atoms with E-state index >= 15 is 0 Å². The Hall–Kier alpha value is -1.33. The molecule has 0 fully saturated rings. The number of ether oxygens (including phenoxy) is 1. The average molecular weight is 294 g/mol. The van der Waals surface area contributed by atoms with Crippen molar-refractivity contribution in [1.82, 2.24) is 0 Å². The number of alkyl halides is 3. The molecule has 0 bridgehead atoms. The van der Waals surface area contributed by atoms with Crippen LogP contribution in [0.1, 0.15) is 47.5 Å². The standard InChI is InChI=1S/C14H21F3O3/c1-10(18)6-7-12(2,3)8-9-13(4,5)20-11(19)14(15,16)17/h6-7H,8-9H2,1-5H3/b7-6+.